The van der Waals surface area contributed by atoms with Gasteiger partial charge >= 0.3 is 0 Å². The fourth-order valence-corrected chi connectivity index (χ4v) is 27.2. The van der Waals surface area contributed by atoms with E-state index >= 15 is 0 Å². The van der Waals surface area contributed by atoms with Gasteiger partial charge in [0.2, 0.25) is 0 Å². The molecule has 6 heteroatoms. The van der Waals surface area contributed by atoms with E-state index in [2.05, 4.69) is 269 Å². The fraction of sp³-hybridized carbons (Fsp3) is 0.130. The molecule has 0 aliphatic heterocycles. The number of anilines is 6. The summed E-state index contributed by atoms with van der Waals surface area (Å²) < 4.78 is 13.7. The SMILES string of the molecule is Cc1cccc2c1oc1c(N(c3ccccc3)c3ccc4c5c(c6ccccc6c4c3)-c3c(cc(N(c4ccccc4)c4cccc6c4oc4c(C)cccc46)c4ccccc34)C5([Si](C)(C)C)[Si](C)(C)C)cccc12. The molecule has 0 unspecified atom stereocenters. The van der Waals surface area contributed by atoms with E-state index in [1.165, 1.54) is 60.3 Å². The van der Waals surface area contributed by atoms with Crippen molar-refractivity contribution >= 4 is 126 Å². The van der Waals surface area contributed by atoms with Crippen molar-refractivity contribution in [3.63, 3.8) is 0 Å². The lowest BCUT2D eigenvalue weighted by Gasteiger charge is -2.52. The van der Waals surface area contributed by atoms with Gasteiger partial charge in [0.15, 0.2) is 11.2 Å². The Hall–Kier alpha value is -8.17. The second-order valence-electron chi connectivity index (χ2n) is 22.9. The molecule has 0 radical (unpaired) electrons. The first-order valence-electron chi connectivity index (χ1n) is 26.4. The number of furan rings is 2. The molecule has 1 aliphatic rings. The highest BCUT2D eigenvalue weighted by Crippen LogP contribution is 2.64. The van der Waals surface area contributed by atoms with Crippen LogP contribution in [-0.2, 0) is 4.66 Å². The van der Waals surface area contributed by atoms with Gasteiger partial charge in [-0.1, -0.05) is 191 Å². The highest BCUT2D eigenvalue weighted by Gasteiger charge is 2.60. The molecule has 0 amide bonds. The van der Waals surface area contributed by atoms with Gasteiger partial charge in [-0.25, -0.2) is 0 Å². The minimum absolute atomic E-state index is 0.227. The molecule has 2 heterocycles. The highest BCUT2D eigenvalue weighted by atomic mass is 28.4. The highest BCUT2D eigenvalue weighted by molar-refractivity contribution is 7.00. The van der Waals surface area contributed by atoms with Gasteiger partial charge in [-0.05, 0) is 129 Å². The molecule has 4 nitrogen and oxygen atoms in total. The number of aryl methyl sites for hydroxylation is 2. The second kappa shape index (κ2) is 16.4. The first kappa shape index (κ1) is 45.4. The Morgan fingerprint density at radius 3 is 1.31 bits per heavy atom. The summed E-state index contributed by atoms with van der Waals surface area (Å²) in [5.41, 5.74) is 18.2. The molecule has 14 rings (SSSR count). The minimum Gasteiger partial charge on any atom is -0.454 e. The normalized spacial score (nSPS) is 13.4. The third kappa shape index (κ3) is 6.39. The van der Waals surface area contributed by atoms with Gasteiger partial charge in [0, 0.05) is 48.7 Å². The number of rotatable bonds is 8. The summed E-state index contributed by atoms with van der Waals surface area (Å²) in [4.78, 5) is 4.90. The number of fused-ring (bicyclic) bond motifs is 16. The van der Waals surface area contributed by atoms with Crippen LogP contribution in [0.4, 0.5) is 34.1 Å². The lowest BCUT2D eigenvalue weighted by Crippen LogP contribution is -2.63. The van der Waals surface area contributed by atoms with Crippen molar-refractivity contribution in [2.45, 2.75) is 57.8 Å². The van der Waals surface area contributed by atoms with E-state index in [-0.39, 0.29) is 4.66 Å². The van der Waals surface area contributed by atoms with Crippen LogP contribution in [0.15, 0.2) is 215 Å². The maximum absolute atomic E-state index is 7.03. The molecule has 0 spiro atoms. The van der Waals surface area contributed by atoms with Crippen LogP contribution in [0.3, 0.4) is 0 Å². The average molecular weight is 1000 g/mol. The van der Waals surface area contributed by atoms with Crippen LogP contribution in [0.5, 0.6) is 0 Å². The van der Waals surface area contributed by atoms with E-state index in [0.29, 0.717) is 0 Å². The topological polar surface area (TPSA) is 32.8 Å². The largest absolute Gasteiger partial charge is 0.454 e. The summed E-state index contributed by atoms with van der Waals surface area (Å²) >= 11 is 0. The number of benzene rings is 11. The Balaban J connectivity index is 1.09. The van der Waals surface area contributed by atoms with Crippen LogP contribution in [-0.4, -0.2) is 16.1 Å². The molecular formula is C69H58N2O2Si2. The Kier molecular flexibility index (Phi) is 9.95. The standard InChI is InChI=1S/C69H58N2O2Si2/c1-43-23-19-33-53-55-35-21-37-59(67(55)72-65(43)53)70(45-25-11-9-12-26-45)47-39-40-52-57(41-47)48-29-15-17-31-50(48)63-62-51-32-18-16-30-49(51)61(42-58(62)69(64(52)63,74(3,4)5)75(6,7)8)71(46-27-13-10-14-28-46)60-38-22-36-56-54-34-20-24-44(2)66(54)73-68(56)60/h9-42H,1-8H3. The first-order chi connectivity index (χ1) is 36.3. The third-order valence-corrected chi connectivity index (χ3v) is 26.8. The molecule has 13 aromatic rings. The van der Waals surface area contributed by atoms with Crippen molar-refractivity contribution in [2.75, 3.05) is 9.80 Å². The van der Waals surface area contributed by atoms with Crippen LogP contribution >= 0.6 is 0 Å². The van der Waals surface area contributed by atoms with Gasteiger partial charge < -0.3 is 18.6 Å². The van der Waals surface area contributed by atoms with Crippen LogP contribution in [0, 0.1) is 13.8 Å². The van der Waals surface area contributed by atoms with E-state index in [1.807, 2.05) is 0 Å². The molecule has 2 aromatic heterocycles. The Morgan fingerprint density at radius 2 is 0.760 bits per heavy atom. The van der Waals surface area contributed by atoms with Crippen molar-refractivity contribution in [3.05, 3.63) is 229 Å². The summed E-state index contributed by atoms with van der Waals surface area (Å²) in [5.74, 6) is 0. The zero-order valence-corrected chi connectivity index (χ0v) is 45.8. The number of para-hydroxylation sites is 6. The molecule has 0 saturated heterocycles. The average Bonchev–Trinajstić information content (AvgIpc) is 4.11. The summed E-state index contributed by atoms with van der Waals surface area (Å²) in [5, 5.41) is 12.2. The van der Waals surface area contributed by atoms with Crippen molar-refractivity contribution in [1.82, 2.24) is 0 Å². The lowest BCUT2D eigenvalue weighted by atomic mass is 9.89. The quantitative estimate of drug-likeness (QED) is 0.112. The van der Waals surface area contributed by atoms with E-state index < -0.39 is 16.1 Å². The van der Waals surface area contributed by atoms with Crippen LogP contribution < -0.4 is 9.80 Å². The molecular weight excluding hydrogens is 945 g/mol. The predicted molar refractivity (Wildman–Crippen MR) is 325 cm³/mol. The molecule has 0 saturated carbocycles. The summed E-state index contributed by atoms with van der Waals surface area (Å²) in [6.07, 6.45) is 0. The van der Waals surface area contributed by atoms with E-state index in [4.69, 9.17) is 8.83 Å². The summed E-state index contributed by atoms with van der Waals surface area (Å²) in [7, 11) is -4.57. The molecule has 11 aromatic carbocycles. The van der Waals surface area contributed by atoms with Gasteiger partial charge in [-0.3, -0.25) is 0 Å². The maximum Gasteiger partial charge on any atom is 0.159 e. The Bertz CT molecular complexity index is 4470. The Morgan fingerprint density at radius 1 is 0.320 bits per heavy atom. The van der Waals surface area contributed by atoms with E-state index in [9.17, 15) is 0 Å². The molecule has 75 heavy (non-hydrogen) atoms. The third-order valence-electron chi connectivity index (χ3n) is 16.7. The summed E-state index contributed by atoms with van der Waals surface area (Å²) in [6, 6.07) is 76.4. The van der Waals surface area contributed by atoms with Crippen LogP contribution in [0.25, 0.3) is 87.3 Å². The van der Waals surface area contributed by atoms with E-state index in [0.717, 1.165) is 83.4 Å². The number of nitrogens with zero attached hydrogens (tertiary/aromatic N) is 2. The summed E-state index contributed by atoms with van der Waals surface area (Å²) in [6.45, 7) is 20.2. The van der Waals surface area contributed by atoms with Crippen LogP contribution in [0.2, 0.25) is 39.3 Å². The van der Waals surface area contributed by atoms with Gasteiger partial charge in [0.25, 0.3) is 0 Å². The van der Waals surface area contributed by atoms with Crippen LogP contribution in [0.1, 0.15) is 22.3 Å². The fourth-order valence-electron chi connectivity index (χ4n) is 14.1. The van der Waals surface area contributed by atoms with Gasteiger partial charge in [-0.2, -0.15) is 0 Å². The molecule has 0 fully saturated rings. The van der Waals surface area contributed by atoms with Crippen molar-refractivity contribution in [1.29, 1.82) is 0 Å². The monoisotopic (exact) mass is 1000 g/mol. The number of hydrogen-bond acceptors (Lipinski definition) is 4. The van der Waals surface area contributed by atoms with Gasteiger partial charge in [0.05, 0.1) is 33.2 Å². The van der Waals surface area contributed by atoms with Crippen molar-refractivity contribution < 1.29 is 8.83 Å². The Labute approximate surface area is 440 Å². The van der Waals surface area contributed by atoms with Gasteiger partial charge in [0.1, 0.15) is 11.2 Å². The zero-order valence-electron chi connectivity index (χ0n) is 43.8. The van der Waals surface area contributed by atoms with Crippen molar-refractivity contribution in [3.8, 4) is 11.1 Å². The molecule has 364 valence electrons. The lowest BCUT2D eigenvalue weighted by molar-refractivity contribution is 0.665. The number of hydrogen-bond donors (Lipinski definition) is 0. The van der Waals surface area contributed by atoms with E-state index in [1.54, 1.807) is 0 Å². The van der Waals surface area contributed by atoms with Crippen molar-refractivity contribution in [2.24, 2.45) is 0 Å². The zero-order chi connectivity index (χ0) is 51.1. The maximum atomic E-state index is 7.03. The molecule has 1 aliphatic carbocycles. The molecule has 0 N–H and O–H groups in total. The minimum atomic E-state index is -2.28. The van der Waals surface area contributed by atoms with Gasteiger partial charge in [-0.15, -0.1) is 0 Å². The molecule has 0 bridgehead atoms. The predicted octanol–water partition coefficient (Wildman–Crippen LogP) is 20.5. The molecule has 0 atom stereocenters. The first-order valence-corrected chi connectivity index (χ1v) is 33.4. The second-order valence-corrected chi connectivity index (χ2v) is 33.9. The smallest absolute Gasteiger partial charge is 0.159 e.